The number of nitrogens with one attached hydrogen (secondary N) is 1. The summed E-state index contributed by atoms with van der Waals surface area (Å²) in [4.78, 5) is 24.1. The fourth-order valence-corrected chi connectivity index (χ4v) is 3.24. The molecule has 1 aromatic heterocycles. The Hall–Kier alpha value is -1.66. The van der Waals surface area contributed by atoms with Crippen LogP contribution in [-0.2, 0) is 9.53 Å². The van der Waals surface area contributed by atoms with Gasteiger partial charge in [-0.05, 0) is 44.4 Å². The van der Waals surface area contributed by atoms with E-state index < -0.39 is 5.97 Å². The first-order valence-corrected chi connectivity index (χ1v) is 7.65. The van der Waals surface area contributed by atoms with Crippen molar-refractivity contribution in [3.05, 3.63) is 27.5 Å². The van der Waals surface area contributed by atoms with Crippen molar-refractivity contribution in [2.45, 2.75) is 32.3 Å². The second-order valence-electron chi connectivity index (χ2n) is 5.41. The van der Waals surface area contributed by atoms with Crippen LogP contribution in [0.3, 0.4) is 0 Å². The van der Waals surface area contributed by atoms with Gasteiger partial charge in [-0.25, -0.2) is 4.79 Å². The van der Waals surface area contributed by atoms with Crippen LogP contribution in [0.15, 0.2) is 12.1 Å². The van der Waals surface area contributed by atoms with Gasteiger partial charge in [0.2, 0.25) is 0 Å². The number of rotatable bonds is 5. The predicted molar refractivity (Wildman–Crippen MR) is 81.7 cm³/mol. The first-order valence-electron chi connectivity index (χ1n) is 6.83. The van der Waals surface area contributed by atoms with E-state index in [2.05, 4.69) is 5.32 Å². The van der Waals surface area contributed by atoms with Crippen molar-refractivity contribution < 1.29 is 19.4 Å². The molecule has 1 amide bonds. The third-order valence-electron chi connectivity index (χ3n) is 3.48. The molecule has 1 unspecified atom stereocenters. The van der Waals surface area contributed by atoms with Gasteiger partial charge in [0.1, 0.15) is 0 Å². The first kappa shape index (κ1) is 15.7. The van der Waals surface area contributed by atoms with Crippen LogP contribution in [0.4, 0.5) is 0 Å². The number of carbonyl (C=O) groups excluding carboxylic acids is 1. The van der Waals surface area contributed by atoms with E-state index in [0.717, 1.165) is 36.0 Å². The van der Waals surface area contributed by atoms with Crippen molar-refractivity contribution in [1.82, 2.24) is 5.32 Å². The number of carboxylic acid groups (broad SMARTS) is 1. The Morgan fingerprint density at radius 2 is 2.33 bits per heavy atom. The molecule has 1 atom stereocenters. The number of aliphatic carboxylic acids is 1. The molecule has 2 rings (SSSR count). The van der Waals surface area contributed by atoms with E-state index in [1.54, 1.807) is 6.07 Å². The van der Waals surface area contributed by atoms with Crippen LogP contribution in [0.25, 0.3) is 6.08 Å². The lowest BCUT2D eigenvalue weighted by atomic mass is 10.0. The first-order chi connectivity index (χ1) is 9.89. The highest BCUT2D eigenvalue weighted by molar-refractivity contribution is 7.15. The van der Waals surface area contributed by atoms with E-state index in [1.807, 2.05) is 13.8 Å². The Morgan fingerprint density at radius 1 is 1.57 bits per heavy atom. The number of ether oxygens (including phenoxy) is 1. The van der Waals surface area contributed by atoms with E-state index in [0.29, 0.717) is 11.4 Å². The average Bonchev–Trinajstić information content (AvgIpc) is 3.01. The van der Waals surface area contributed by atoms with Crippen molar-refractivity contribution in [1.29, 1.82) is 0 Å². The molecule has 0 bridgehead atoms. The number of thiophene rings is 1. The summed E-state index contributed by atoms with van der Waals surface area (Å²) in [5.74, 6) is -1.14. The molecule has 114 valence electrons. The Kier molecular flexibility index (Phi) is 4.80. The van der Waals surface area contributed by atoms with Gasteiger partial charge in [-0.15, -0.1) is 11.3 Å². The molecule has 0 saturated carbocycles. The molecule has 2 heterocycles. The van der Waals surface area contributed by atoms with Crippen LogP contribution in [0, 0.1) is 6.92 Å². The summed E-state index contributed by atoms with van der Waals surface area (Å²) in [6.07, 6.45) is 4.56. The third kappa shape index (κ3) is 4.15. The number of aryl methyl sites for hydroxylation is 1. The summed E-state index contributed by atoms with van der Waals surface area (Å²) < 4.78 is 5.63. The summed E-state index contributed by atoms with van der Waals surface area (Å²) in [5.41, 5.74) is 0.625. The Labute approximate surface area is 127 Å². The van der Waals surface area contributed by atoms with E-state index >= 15 is 0 Å². The summed E-state index contributed by atoms with van der Waals surface area (Å²) >= 11 is 1.29. The molecule has 0 aromatic carbocycles. The topological polar surface area (TPSA) is 75.6 Å². The normalized spacial score (nSPS) is 21.8. The van der Waals surface area contributed by atoms with Gasteiger partial charge in [-0.1, -0.05) is 0 Å². The molecular weight excluding hydrogens is 290 g/mol. The fraction of sp³-hybridized carbons (Fsp3) is 0.467. The van der Waals surface area contributed by atoms with Gasteiger partial charge in [0.05, 0.1) is 10.5 Å². The summed E-state index contributed by atoms with van der Waals surface area (Å²) in [6.45, 7) is 5.09. The van der Waals surface area contributed by atoms with Crippen LogP contribution in [0.5, 0.6) is 0 Å². The van der Waals surface area contributed by atoms with Gasteiger partial charge in [0.25, 0.3) is 5.91 Å². The molecule has 1 saturated heterocycles. The lowest BCUT2D eigenvalue weighted by molar-refractivity contribution is -0.131. The minimum absolute atomic E-state index is 0.144. The van der Waals surface area contributed by atoms with E-state index in [1.165, 1.54) is 17.4 Å². The number of hydrogen-bond donors (Lipinski definition) is 2. The van der Waals surface area contributed by atoms with Gasteiger partial charge in [-0.3, -0.25) is 4.79 Å². The zero-order chi connectivity index (χ0) is 15.5. The maximum atomic E-state index is 12.2. The van der Waals surface area contributed by atoms with Gasteiger partial charge in [-0.2, -0.15) is 0 Å². The van der Waals surface area contributed by atoms with Crippen LogP contribution in [-0.4, -0.2) is 35.7 Å². The molecule has 0 spiro atoms. The highest BCUT2D eigenvalue weighted by atomic mass is 32.1. The molecular formula is C15H19NO4S. The van der Waals surface area contributed by atoms with Crippen molar-refractivity contribution in [2.75, 3.05) is 13.2 Å². The lowest BCUT2D eigenvalue weighted by Gasteiger charge is -2.23. The Bertz CT molecular complexity index is 570. The maximum Gasteiger partial charge on any atom is 0.328 e. The largest absolute Gasteiger partial charge is 0.478 e. The van der Waals surface area contributed by atoms with Crippen LogP contribution in [0.1, 0.15) is 39.9 Å². The quantitative estimate of drug-likeness (QED) is 0.819. The molecule has 0 aliphatic carbocycles. The van der Waals surface area contributed by atoms with Crippen LogP contribution < -0.4 is 5.32 Å². The van der Waals surface area contributed by atoms with Crippen molar-refractivity contribution in [3.63, 3.8) is 0 Å². The monoisotopic (exact) mass is 309 g/mol. The highest BCUT2D eigenvalue weighted by Gasteiger charge is 2.30. The number of carbonyl (C=O) groups is 2. The summed E-state index contributed by atoms with van der Waals surface area (Å²) in [7, 11) is 0. The number of amides is 1. The molecule has 21 heavy (non-hydrogen) atoms. The van der Waals surface area contributed by atoms with Crippen molar-refractivity contribution in [2.24, 2.45) is 0 Å². The van der Waals surface area contributed by atoms with Crippen molar-refractivity contribution in [3.8, 4) is 0 Å². The summed E-state index contributed by atoms with van der Waals surface area (Å²) in [5, 5.41) is 11.5. The molecule has 1 aromatic rings. The number of hydrogen-bond acceptors (Lipinski definition) is 4. The fourth-order valence-electron chi connectivity index (χ4n) is 2.25. The molecule has 1 aliphatic heterocycles. The third-order valence-corrected chi connectivity index (χ3v) is 4.68. The zero-order valence-electron chi connectivity index (χ0n) is 12.1. The molecule has 1 fully saturated rings. The second-order valence-corrected chi connectivity index (χ2v) is 6.50. The van der Waals surface area contributed by atoms with Gasteiger partial charge in [0, 0.05) is 24.1 Å². The summed E-state index contributed by atoms with van der Waals surface area (Å²) in [6, 6.07) is 1.78. The van der Waals surface area contributed by atoms with E-state index in [-0.39, 0.29) is 11.5 Å². The molecule has 2 N–H and O–H groups in total. The lowest BCUT2D eigenvalue weighted by Crippen LogP contribution is -2.39. The maximum absolute atomic E-state index is 12.2. The average molecular weight is 309 g/mol. The minimum atomic E-state index is -1.000. The van der Waals surface area contributed by atoms with Gasteiger partial charge >= 0.3 is 5.97 Å². The second kappa shape index (κ2) is 6.41. The molecule has 5 nitrogen and oxygen atoms in total. The molecule has 0 radical (unpaired) electrons. The zero-order valence-corrected chi connectivity index (χ0v) is 13.0. The van der Waals surface area contributed by atoms with Crippen LogP contribution >= 0.6 is 11.3 Å². The van der Waals surface area contributed by atoms with Crippen molar-refractivity contribution >= 4 is 29.3 Å². The SMILES string of the molecule is Cc1cc(C(=O)NCC2(C)CCCO2)sc1/C=C/C(=O)O. The Morgan fingerprint density at radius 3 is 2.95 bits per heavy atom. The molecule has 1 aliphatic rings. The highest BCUT2D eigenvalue weighted by Crippen LogP contribution is 2.25. The van der Waals surface area contributed by atoms with E-state index in [9.17, 15) is 9.59 Å². The standard InChI is InChI=1S/C15H19NO4S/c1-10-8-12(21-11(10)4-5-13(17)18)14(19)16-9-15(2)6-3-7-20-15/h4-5,8H,3,6-7,9H2,1-2H3,(H,16,19)(H,17,18)/b5-4+. The smallest absolute Gasteiger partial charge is 0.328 e. The number of carboxylic acids is 1. The Balaban J connectivity index is 1.99. The molecule has 6 heteroatoms. The van der Waals surface area contributed by atoms with E-state index in [4.69, 9.17) is 9.84 Å². The predicted octanol–water partition coefficient (Wildman–Crippen LogP) is 2.45. The minimum Gasteiger partial charge on any atom is -0.478 e. The van der Waals surface area contributed by atoms with Gasteiger partial charge in [0.15, 0.2) is 0 Å². The van der Waals surface area contributed by atoms with Gasteiger partial charge < -0.3 is 15.2 Å². The van der Waals surface area contributed by atoms with Crippen LogP contribution in [0.2, 0.25) is 0 Å².